The Labute approximate surface area is 109 Å². The summed E-state index contributed by atoms with van der Waals surface area (Å²) < 4.78 is 55.2. The zero-order valence-electron chi connectivity index (χ0n) is 10.1. The predicted molar refractivity (Wildman–Crippen MR) is 63.3 cm³/mol. The molecule has 1 heterocycles. The molecule has 0 unspecified atom stereocenters. The van der Waals surface area contributed by atoms with Crippen LogP contribution in [0.5, 0.6) is 0 Å². The van der Waals surface area contributed by atoms with Gasteiger partial charge in [0.1, 0.15) is 11.5 Å². The Hall–Kier alpha value is -1.10. The van der Waals surface area contributed by atoms with E-state index in [0.29, 0.717) is 13.1 Å². The van der Waals surface area contributed by atoms with Crippen LogP contribution in [0.1, 0.15) is 0 Å². The van der Waals surface area contributed by atoms with Gasteiger partial charge in [-0.25, -0.2) is 21.9 Å². The highest BCUT2D eigenvalue weighted by molar-refractivity contribution is 7.89. The molecule has 110 valence electrons. The number of hydrogen-bond acceptors (Lipinski definition) is 5. The van der Waals surface area contributed by atoms with Gasteiger partial charge in [0.2, 0.25) is 10.0 Å². The molecule has 19 heavy (non-hydrogen) atoms. The molecule has 0 amide bonds. The zero-order valence-corrected chi connectivity index (χ0v) is 10.9. The van der Waals surface area contributed by atoms with Crippen LogP contribution in [0.4, 0.5) is 8.78 Å². The van der Waals surface area contributed by atoms with E-state index in [1.54, 1.807) is 0 Å². The Balaban J connectivity index is 2.42. The molecule has 0 bridgehead atoms. The molecule has 1 aromatic rings. The number of nitrogens with zero attached hydrogens (tertiary/aromatic N) is 2. The maximum Gasteiger partial charge on any atom is 0.261 e. The molecule has 0 saturated carbocycles. The second kappa shape index (κ2) is 7.48. The van der Waals surface area contributed by atoms with Gasteiger partial charge in [-0.05, 0) is 0 Å². The number of halogens is 2. The first kappa shape index (κ1) is 16.0. The molecule has 0 spiro atoms. The maximum absolute atomic E-state index is 11.8. The molecule has 3 N–H and O–H groups in total. The summed E-state index contributed by atoms with van der Waals surface area (Å²) in [6, 6.07) is 0. The molecule has 0 atom stereocenters. The minimum absolute atomic E-state index is 0.00481. The van der Waals surface area contributed by atoms with Crippen LogP contribution < -0.4 is 10.5 Å². The Kier molecular flexibility index (Phi) is 6.28. The molecule has 0 aliphatic heterocycles. The maximum atomic E-state index is 11.8. The van der Waals surface area contributed by atoms with Gasteiger partial charge in [0.15, 0.2) is 0 Å². The first-order valence-electron chi connectivity index (χ1n) is 5.54. The van der Waals surface area contributed by atoms with Crippen molar-refractivity contribution in [3.8, 4) is 0 Å². The number of nitrogens with two attached hydrogens (primary N) is 1. The first-order valence-corrected chi connectivity index (χ1v) is 7.02. The summed E-state index contributed by atoms with van der Waals surface area (Å²) in [5.74, 6) is 0. The van der Waals surface area contributed by atoms with E-state index in [9.17, 15) is 17.2 Å². The van der Waals surface area contributed by atoms with E-state index in [-0.39, 0.29) is 18.0 Å². The Morgan fingerprint density at radius 3 is 2.89 bits per heavy atom. The van der Waals surface area contributed by atoms with Crippen molar-refractivity contribution in [3.05, 3.63) is 12.4 Å². The van der Waals surface area contributed by atoms with Crippen molar-refractivity contribution in [2.75, 3.05) is 26.3 Å². The van der Waals surface area contributed by atoms with Gasteiger partial charge in [-0.3, -0.25) is 4.68 Å². The summed E-state index contributed by atoms with van der Waals surface area (Å²) in [5.41, 5.74) is 5.31. The summed E-state index contributed by atoms with van der Waals surface area (Å²) in [6.45, 7) is -0.170. The molecular formula is C9H16F2N4O3S. The number of sulfonamides is 1. The van der Waals surface area contributed by atoms with Gasteiger partial charge in [-0.2, -0.15) is 5.10 Å². The predicted octanol–water partition coefficient (Wildman–Crippen LogP) is -0.598. The second-order valence-corrected chi connectivity index (χ2v) is 5.36. The average Bonchev–Trinajstić information content (AvgIpc) is 2.78. The standard InChI is InChI=1S/C9H16F2N4O3S/c10-9(11)7-18-4-2-14-19(16,17)8-5-13-15(6-8)3-1-12/h5-6,9,14H,1-4,7,12H2. The third-order valence-corrected chi connectivity index (χ3v) is 3.48. The summed E-state index contributed by atoms with van der Waals surface area (Å²) >= 11 is 0. The van der Waals surface area contributed by atoms with Crippen molar-refractivity contribution in [2.24, 2.45) is 5.73 Å². The fraction of sp³-hybridized carbons (Fsp3) is 0.667. The van der Waals surface area contributed by atoms with Crippen LogP contribution in [-0.4, -0.2) is 50.9 Å². The highest BCUT2D eigenvalue weighted by atomic mass is 32.2. The summed E-state index contributed by atoms with van der Waals surface area (Å²) in [7, 11) is -3.70. The normalized spacial score (nSPS) is 12.2. The highest BCUT2D eigenvalue weighted by Crippen LogP contribution is 2.06. The molecule has 0 aliphatic rings. The van der Waals surface area contributed by atoms with E-state index in [4.69, 9.17) is 5.73 Å². The smallest absolute Gasteiger partial charge is 0.261 e. The lowest BCUT2D eigenvalue weighted by Gasteiger charge is -2.05. The van der Waals surface area contributed by atoms with E-state index < -0.39 is 23.1 Å². The number of rotatable bonds is 9. The SMILES string of the molecule is NCCn1cc(S(=O)(=O)NCCOCC(F)F)cn1. The van der Waals surface area contributed by atoms with E-state index >= 15 is 0 Å². The van der Waals surface area contributed by atoms with E-state index in [0.717, 1.165) is 0 Å². The minimum atomic E-state index is -3.70. The molecule has 0 aliphatic carbocycles. The monoisotopic (exact) mass is 298 g/mol. The fourth-order valence-electron chi connectivity index (χ4n) is 1.24. The molecule has 0 fully saturated rings. The lowest BCUT2D eigenvalue weighted by molar-refractivity contribution is 0.0199. The fourth-order valence-corrected chi connectivity index (χ4v) is 2.21. The van der Waals surface area contributed by atoms with Crippen LogP contribution in [0.15, 0.2) is 17.3 Å². The molecule has 0 saturated heterocycles. The van der Waals surface area contributed by atoms with Crippen LogP contribution >= 0.6 is 0 Å². The number of nitrogens with one attached hydrogen (secondary N) is 1. The van der Waals surface area contributed by atoms with Gasteiger partial charge in [-0.1, -0.05) is 0 Å². The topological polar surface area (TPSA) is 99.2 Å². The zero-order chi connectivity index (χ0) is 14.3. The van der Waals surface area contributed by atoms with Gasteiger partial charge in [0, 0.05) is 19.3 Å². The number of alkyl halides is 2. The Bertz CT molecular complexity index is 478. The van der Waals surface area contributed by atoms with Crippen molar-refractivity contribution in [3.63, 3.8) is 0 Å². The van der Waals surface area contributed by atoms with Crippen LogP contribution in [0.3, 0.4) is 0 Å². The van der Waals surface area contributed by atoms with E-state index in [2.05, 4.69) is 14.6 Å². The summed E-state index contributed by atoms with van der Waals surface area (Å²) in [5, 5.41) is 3.83. The number of aromatic nitrogens is 2. The molecular weight excluding hydrogens is 282 g/mol. The van der Waals surface area contributed by atoms with Gasteiger partial charge in [0.25, 0.3) is 6.43 Å². The average molecular weight is 298 g/mol. The number of ether oxygens (including phenoxy) is 1. The lowest BCUT2D eigenvalue weighted by Crippen LogP contribution is -2.27. The van der Waals surface area contributed by atoms with Gasteiger partial charge < -0.3 is 10.5 Å². The quantitative estimate of drug-likeness (QED) is 0.593. The molecule has 1 rings (SSSR count). The molecule has 0 radical (unpaired) electrons. The van der Waals surface area contributed by atoms with Crippen molar-refractivity contribution in [1.29, 1.82) is 0 Å². The molecule has 1 aromatic heterocycles. The minimum Gasteiger partial charge on any atom is -0.374 e. The lowest BCUT2D eigenvalue weighted by atomic mass is 10.6. The molecule has 10 heteroatoms. The van der Waals surface area contributed by atoms with Gasteiger partial charge >= 0.3 is 0 Å². The van der Waals surface area contributed by atoms with Gasteiger partial charge in [0.05, 0.1) is 19.3 Å². The van der Waals surface area contributed by atoms with E-state index in [1.807, 2.05) is 0 Å². The Morgan fingerprint density at radius 1 is 1.53 bits per heavy atom. The molecule has 0 aromatic carbocycles. The largest absolute Gasteiger partial charge is 0.374 e. The van der Waals surface area contributed by atoms with Crippen molar-refractivity contribution in [2.45, 2.75) is 17.9 Å². The van der Waals surface area contributed by atoms with Crippen LogP contribution in [0.2, 0.25) is 0 Å². The highest BCUT2D eigenvalue weighted by Gasteiger charge is 2.15. The Morgan fingerprint density at radius 2 is 2.26 bits per heavy atom. The second-order valence-electron chi connectivity index (χ2n) is 3.59. The van der Waals surface area contributed by atoms with Crippen molar-refractivity contribution < 1.29 is 21.9 Å². The summed E-state index contributed by atoms with van der Waals surface area (Å²) in [4.78, 5) is -0.00481. The van der Waals surface area contributed by atoms with Gasteiger partial charge in [-0.15, -0.1) is 0 Å². The van der Waals surface area contributed by atoms with Crippen LogP contribution in [0, 0.1) is 0 Å². The van der Waals surface area contributed by atoms with Crippen LogP contribution in [-0.2, 0) is 21.3 Å². The number of hydrogen-bond donors (Lipinski definition) is 2. The van der Waals surface area contributed by atoms with Crippen molar-refractivity contribution >= 4 is 10.0 Å². The van der Waals surface area contributed by atoms with Crippen molar-refractivity contribution in [1.82, 2.24) is 14.5 Å². The third kappa shape index (κ3) is 5.59. The first-order chi connectivity index (χ1) is 8.95. The molecule has 7 nitrogen and oxygen atoms in total. The summed E-state index contributed by atoms with van der Waals surface area (Å²) in [6.07, 6.45) is -0.0289. The van der Waals surface area contributed by atoms with Crippen LogP contribution in [0.25, 0.3) is 0 Å². The third-order valence-electron chi connectivity index (χ3n) is 2.06. The van der Waals surface area contributed by atoms with E-state index in [1.165, 1.54) is 17.1 Å².